The quantitative estimate of drug-likeness (QED) is 0.235. The van der Waals surface area contributed by atoms with Crippen molar-refractivity contribution in [1.29, 1.82) is 0 Å². The predicted octanol–water partition coefficient (Wildman–Crippen LogP) is 1.97. The van der Waals surface area contributed by atoms with Crippen molar-refractivity contribution in [2.45, 2.75) is 26.8 Å². The number of carbonyl (C=O) groups is 3. The van der Waals surface area contributed by atoms with E-state index >= 15 is 0 Å². The monoisotopic (exact) mass is 531 g/mol. The first kappa shape index (κ1) is 24.6. The van der Waals surface area contributed by atoms with Gasteiger partial charge in [-0.2, -0.15) is 0 Å². The predicted molar refractivity (Wildman–Crippen MR) is 139 cm³/mol. The van der Waals surface area contributed by atoms with Crippen molar-refractivity contribution < 1.29 is 18.8 Å². The molecule has 0 spiro atoms. The smallest absolute Gasteiger partial charge is 0.295 e. The fourth-order valence-electron chi connectivity index (χ4n) is 5.31. The van der Waals surface area contributed by atoms with Crippen LogP contribution in [0.3, 0.4) is 0 Å². The van der Waals surface area contributed by atoms with Crippen LogP contribution in [-0.2, 0) is 9.59 Å². The Balaban J connectivity index is 1.22. The third-order valence-electron chi connectivity index (χ3n) is 7.34. The Morgan fingerprint density at radius 1 is 1.15 bits per heavy atom. The zero-order valence-corrected chi connectivity index (χ0v) is 21.6. The maximum Gasteiger partial charge on any atom is 0.295 e. The van der Waals surface area contributed by atoms with Crippen LogP contribution in [0.2, 0.25) is 0 Å². The van der Waals surface area contributed by atoms with Crippen molar-refractivity contribution in [2.75, 3.05) is 36.0 Å². The lowest BCUT2D eigenvalue weighted by atomic mass is 9.82. The van der Waals surface area contributed by atoms with E-state index in [4.69, 9.17) is 0 Å². The summed E-state index contributed by atoms with van der Waals surface area (Å²) >= 11 is 0. The van der Waals surface area contributed by atoms with Gasteiger partial charge in [-0.25, -0.2) is 19.0 Å². The second-order valence-electron chi connectivity index (χ2n) is 10.5. The van der Waals surface area contributed by atoms with Gasteiger partial charge in [-0.15, -0.1) is 5.10 Å². The molecule has 1 N–H and O–H groups in total. The first-order valence-electron chi connectivity index (χ1n) is 12.6. The molecule has 0 aromatic carbocycles. The molecule has 39 heavy (non-hydrogen) atoms. The summed E-state index contributed by atoms with van der Waals surface area (Å²) in [5.74, 6) is -1.30. The highest BCUT2D eigenvalue weighted by Crippen LogP contribution is 2.39. The van der Waals surface area contributed by atoms with Crippen LogP contribution < -0.4 is 9.80 Å². The molecule has 200 valence electrons. The number of Topliss-reactive ketones (excluding diaryl/α,β-unsaturated/α-hetero) is 1. The molecule has 0 radical (unpaired) electrons. The Morgan fingerprint density at radius 3 is 2.67 bits per heavy atom. The molecule has 2 fully saturated rings. The van der Waals surface area contributed by atoms with Crippen LogP contribution in [0.5, 0.6) is 0 Å². The summed E-state index contributed by atoms with van der Waals surface area (Å²) in [7, 11) is 0. The van der Waals surface area contributed by atoms with Crippen molar-refractivity contribution in [3.63, 3.8) is 0 Å². The first-order valence-corrected chi connectivity index (χ1v) is 12.6. The summed E-state index contributed by atoms with van der Waals surface area (Å²) < 4.78 is 16.2. The van der Waals surface area contributed by atoms with Crippen molar-refractivity contribution in [2.24, 2.45) is 5.41 Å². The van der Waals surface area contributed by atoms with E-state index in [-0.39, 0.29) is 40.8 Å². The molecule has 1 atom stereocenters. The Hall–Kier alpha value is -4.68. The van der Waals surface area contributed by atoms with Gasteiger partial charge in [-0.1, -0.05) is 5.21 Å². The highest BCUT2D eigenvalue weighted by atomic mass is 19.1. The molecule has 6 rings (SSSR count). The van der Waals surface area contributed by atoms with E-state index < -0.39 is 22.9 Å². The molecule has 12 nitrogen and oxygen atoms in total. The minimum absolute atomic E-state index is 0.0274. The molecular formula is C26H26FN9O3. The van der Waals surface area contributed by atoms with Gasteiger partial charge in [0.15, 0.2) is 17.5 Å². The number of aromatic amines is 1. The van der Waals surface area contributed by atoms with E-state index in [2.05, 4.69) is 25.3 Å². The molecule has 2 aliphatic rings. The van der Waals surface area contributed by atoms with Crippen LogP contribution in [-0.4, -0.2) is 84.7 Å². The number of amides is 2. The van der Waals surface area contributed by atoms with Gasteiger partial charge in [0, 0.05) is 44.6 Å². The number of hydrogen-bond donors (Lipinski definition) is 1. The summed E-state index contributed by atoms with van der Waals surface area (Å²) in [4.78, 5) is 56.1. The molecule has 0 aliphatic carbocycles. The van der Waals surface area contributed by atoms with E-state index in [1.54, 1.807) is 23.4 Å². The van der Waals surface area contributed by atoms with Crippen molar-refractivity contribution in [3.8, 4) is 5.82 Å². The van der Waals surface area contributed by atoms with Gasteiger partial charge in [0.25, 0.3) is 11.7 Å². The van der Waals surface area contributed by atoms with Crippen LogP contribution in [0.1, 0.15) is 31.1 Å². The topological polar surface area (TPSA) is 133 Å². The Labute approximate surface area is 222 Å². The van der Waals surface area contributed by atoms with Gasteiger partial charge in [-0.05, 0) is 32.9 Å². The number of ketones is 1. The van der Waals surface area contributed by atoms with Gasteiger partial charge >= 0.3 is 0 Å². The minimum atomic E-state index is -0.817. The summed E-state index contributed by atoms with van der Waals surface area (Å²) in [5, 5.41) is 7.59. The van der Waals surface area contributed by atoms with E-state index in [1.165, 1.54) is 22.0 Å². The molecule has 0 unspecified atom stereocenters. The normalized spacial score (nSPS) is 18.9. The fraction of sp³-hybridized carbons (Fsp3) is 0.346. The second kappa shape index (κ2) is 8.96. The van der Waals surface area contributed by atoms with Gasteiger partial charge in [0.1, 0.15) is 0 Å². The number of piperazine rings is 1. The number of nitrogens with zero attached hydrogens (tertiary/aromatic N) is 8. The van der Waals surface area contributed by atoms with Crippen LogP contribution in [0.15, 0.2) is 43.1 Å². The van der Waals surface area contributed by atoms with E-state index in [0.29, 0.717) is 25.5 Å². The molecule has 0 saturated carbocycles. The number of H-pyrrole nitrogens is 1. The number of β-lactam (4-membered cyclic amide) rings is 1. The minimum Gasteiger partial charge on any atom is -0.357 e. The zero-order valence-electron chi connectivity index (χ0n) is 21.6. The largest absolute Gasteiger partial charge is 0.357 e. The number of halogens is 1. The Morgan fingerprint density at radius 2 is 1.97 bits per heavy atom. The zero-order chi connectivity index (χ0) is 27.5. The Kier molecular flexibility index (Phi) is 5.66. The lowest BCUT2D eigenvalue weighted by molar-refractivity contribution is -0.132. The maximum atomic E-state index is 14.8. The number of pyridine rings is 2. The van der Waals surface area contributed by atoms with Crippen LogP contribution >= 0.6 is 0 Å². The molecule has 2 amide bonds. The van der Waals surface area contributed by atoms with E-state index in [1.807, 2.05) is 31.7 Å². The number of fused-ring (bicyclic) bond motifs is 1. The highest BCUT2D eigenvalue weighted by molar-refractivity contribution is 6.45. The Bertz CT molecular complexity index is 1610. The second-order valence-corrected chi connectivity index (χ2v) is 10.5. The number of nitrogens with one attached hydrogen (secondary N) is 1. The van der Waals surface area contributed by atoms with Gasteiger partial charge in [0.05, 0.1) is 46.2 Å². The number of hydrogen-bond acceptors (Lipinski definition) is 8. The molecule has 0 bridgehead atoms. The molecule has 4 aromatic heterocycles. The average molecular weight is 532 g/mol. The summed E-state index contributed by atoms with van der Waals surface area (Å²) in [5.41, 5.74) is 0.494. The summed E-state index contributed by atoms with van der Waals surface area (Å²) in [6.45, 7) is 7.37. The molecule has 2 aliphatic heterocycles. The molecular weight excluding hydrogens is 505 g/mol. The first-order chi connectivity index (χ1) is 18.7. The van der Waals surface area contributed by atoms with Crippen LogP contribution in [0.25, 0.3) is 16.7 Å². The third-order valence-corrected chi connectivity index (χ3v) is 7.34. The van der Waals surface area contributed by atoms with Crippen molar-refractivity contribution in [3.05, 3.63) is 54.5 Å². The summed E-state index contributed by atoms with van der Waals surface area (Å²) in [6, 6.07) is 3.33. The van der Waals surface area contributed by atoms with E-state index in [0.717, 1.165) is 11.9 Å². The molecule has 4 aromatic rings. The van der Waals surface area contributed by atoms with Gasteiger partial charge < -0.3 is 19.7 Å². The average Bonchev–Trinajstić information content (AvgIpc) is 3.62. The molecule has 2 saturated heterocycles. The standard InChI is InChI=1S/C26H26FN9O3/c1-15-13-33(22-18(5-4-6-28-22)35-14-26(2,3)25(35)39)9-10-34(15)24(38)21(37)16-11-29-20-19(16)17(27)12-30-23(20)36-8-7-31-32-36/h4-8,11-12,15,29H,9-10,13-14H2,1-3H3/t15-/m1/s1. The number of carbonyl (C=O) groups excluding carboxylic acids is 3. The lowest BCUT2D eigenvalue weighted by Crippen LogP contribution is -2.60. The van der Waals surface area contributed by atoms with Gasteiger partial charge in [0.2, 0.25) is 5.91 Å². The van der Waals surface area contributed by atoms with Crippen LogP contribution in [0, 0.1) is 11.2 Å². The highest BCUT2D eigenvalue weighted by Gasteiger charge is 2.46. The molecule has 13 heteroatoms. The number of anilines is 2. The van der Waals surface area contributed by atoms with Gasteiger partial charge in [-0.3, -0.25) is 14.4 Å². The summed E-state index contributed by atoms with van der Waals surface area (Å²) in [6.07, 6.45) is 6.98. The van der Waals surface area contributed by atoms with Crippen LogP contribution in [0.4, 0.5) is 15.9 Å². The number of rotatable bonds is 5. The SMILES string of the molecule is C[C@@H]1CN(c2ncccc2N2CC(C)(C)C2=O)CCN1C(=O)C(=O)c1c[nH]c2c(-n3ccnn3)ncc(F)c12. The van der Waals surface area contributed by atoms with E-state index in [9.17, 15) is 18.8 Å². The van der Waals surface area contributed by atoms with Crippen molar-refractivity contribution >= 4 is 40.0 Å². The molecule has 6 heterocycles. The maximum absolute atomic E-state index is 14.8. The third kappa shape index (κ3) is 3.92. The van der Waals surface area contributed by atoms with Crippen molar-refractivity contribution in [1.82, 2.24) is 34.8 Å². The number of aromatic nitrogens is 6. The fourth-order valence-corrected chi connectivity index (χ4v) is 5.31. The lowest BCUT2D eigenvalue weighted by Gasteiger charge is -2.46.